The van der Waals surface area contributed by atoms with E-state index in [1.807, 2.05) is 0 Å². The molecule has 0 aliphatic heterocycles. The van der Waals surface area contributed by atoms with Crippen molar-refractivity contribution in [1.29, 1.82) is 0 Å². The third-order valence-electron chi connectivity index (χ3n) is 2.31. The Kier molecular flexibility index (Phi) is 4.55. The highest BCUT2D eigenvalue weighted by Crippen LogP contribution is 2.28. The van der Waals surface area contributed by atoms with Gasteiger partial charge in [-0.1, -0.05) is 0 Å². The summed E-state index contributed by atoms with van der Waals surface area (Å²) in [5.74, 6) is -1.59. The van der Waals surface area contributed by atoms with Crippen LogP contribution in [0.2, 0.25) is 0 Å². The van der Waals surface area contributed by atoms with Crippen LogP contribution in [0.3, 0.4) is 0 Å². The van der Waals surface area contributed by atoms with Crippen molar-refractivity contribution >= 4 is 11.9 Å². The molecule has 5 nitrogen and oxygen atoms in total. The van der Waals surface area contributed by atoms with E-state index >= 15 is 0 Å². The van der Waals surface area contributed by atoms with Crippen LogP contribution in [-0.2, 0) is 23.8 Å². The molecule has 0 aromatic heterocycles. The zero-order valence-corrected chi connectivity index (χ0v) is 9.02. The summed E-state index contributed by atoms with van der Waals surface area (Å²) < 4.78 is 14.2. The number of carbonyl (C=O) groups is 2. The Morgan fingerprint density at radius 2 is 1.73 bits per heavy atom. The molecule has 5 heteroatoms. The molecule has 0 saturated heterocycles. The molecule has 1 saturated carbocycles. The average Bonchev–Trinajstić information content (AvgIpc) is 3.06. The first-order valence-corrected chi connectivity index (χ1v) is 4.92. The van der Waals surface area contributed by atoms with Gasteiger partial charge in [-0.15, -0.1) is 0 Å². The van der Waals surface area contributed by atoms with Crippen molar-refractivity contribution in [1.82, 2.24) is 0 Å². The third kappa shape index (κ3) is 3.87. The van der Waals surface area contributed by atoms with Crippen LogP contribution in [-0.4, -0.2) is 39.4 Å². The quantitative estimate of drug-likeness (QED) is 0.474. The van der Waals surface area contributed by atoms with Crippen molar-refractivity contribution in [3.63, 3.8) is 0 Å². The maximum atomic E-state index is 11.2. The number of methoxy groups -OCH3 is 2. The van der Waals surface area contributed by atoms with Gasteiger partial charge in [0.15, 0.2) is 5.92 Å². The molecule has 0 spiro atoms. The Bertz CT molecular complexity index is 218. The van der Waals surface area contributed by atoms with Gasteiger partial charge in [0, 0.05) is 6.61 Å². The summed E-state index contributed by atoms with van der Waals surface area (Å²) in [6.07, 6.45) is 2.34. The molecule has 0 atom stereocenters. The molecule has 1 rings (SSSR count). The molecular formula is C10H16O5. The molecule has 0 aromatic carbocycles. The molecule has 0 heterocycles. The van der Waals surface area contributed by atoms with Gasteiger partial charge in [0.25, 0.3) is 0 Å². The SMILES string of the molecule is COC(=O)C(COCC1CC1)C(=O)OC. The predicted octanol–water partition coefficient (Wildman–Crippen LogP) is 0.375. The van der Waals surface area contributed by atoms with E-state index in [0.29, 0.717) is 12.5 Å². The Balaban J connectivity index is 2.32. The summed E-state index contributed by atoms with van der Waals surface area (Å²) in [4.78, 5) is 22.4. The maximum Gasteiger partial charge on any atom is 0.322 e. The van der Waals surface area contributed by atoms with Crippen LogP contribution in [0.5, 0.6) is 0 Å². The summed E-state index contributed by atoms with van der Waals surface area (Å²) in [5, 5.41) is 0. The van der Waals surface area contributed by atoms with Crippen molar-refractivity contribution in [2.24, 2.45) is 11.8 Å². The summed E-state index contributed by atoms with van der Waals surface area (Å²) >= 11 is 0. The van der Waals surface area contributed by atoms with Crippen molar-refractivity contribution in [2.75, 3.05) is 27.4 Å². The fourth-order valence-electron chi connectivity index (χ4n) is 1.15. The van der Waals surface area contributed by atoms with Crippen molar-refractivity contribution in [3.8, 4) is 0 Å². The lowest BCUT2D eigenvalue weighted by Crippen LogP contribution is -2.31. The largest absolute Gasteiger partial charge is 0.468 e. The Morgan fingerprint density at radius 3 is 2.13 bits per heavy atom. The van der Waals surface area contributed by atoms with E-state index in [9.17, 15) is 9.59 Å². The monoisotopic (exact) mass is 216 g/mol. The Morgan fingerprint density at radius 1 is 1.20 bits per heavy atom. The highest BCUT2D eigenvalue weighted by molar-refractivity contribution is 5.94. The van der Waals surface area contributed by atoms with Crippen molar-refractivity contribution < 1.29 is 23.8 Å². The van der Waals surface area contributed by atoms with Gasteiger partial charge in [-0.25, -0.2) is 0 Å². The first kappa shape index (κ1) is 12.0. The third-order valence-corrected chi connectivity index (χ3v) is 2.31. The number of hydrogen-bond donors (Lipinski definition) is 0. The Labute approximate surface area is 88.7 Å². The van der Waals surface area contributed by atoms with E-state index in [-0.39, 0.29) is 6.61 Å². The minimum atomic E-state index is -0.959. The first-order valence-electron chi connectivity index (χ1n) is 4.92. The number of rotatable bonds is 6. The number of carbonyl (C=O) groups excluding carboxylic acids is 2. The van der Waals surface area contributed by atoms with Crippen molar-refractivity contribution in [3.05, 3.63) is 0 Å². The number of ether oxygens (including phenoxy) is 3. The van der Waals surface area contributed by atoms with Crippen LogP contribution >= 0.6 is 0 Å². The summed E-state index contributed by atoms with van der Waals surface area (Å²) in [6, 6.07) is 0. The Hall–Kier alpha value is -1.10. The van der Waals surface area contributed by atoms with Gasteiger partial charge in [-0.2, -0.15) is 0 Å². The number of esters is 2. The van der Waals surface area contributed by atoms with E-state index in [4.69, 9.17) is 4.74 Å². The van der Waals surface area contributed by atoms with Gasteiger partial charge in [0.05, 0.1) is 20.8 Å². The van der Waals surface area contributed by atoms with Crippen LogP contribution in [0.25, 0.3) is 0 Å². The first-order chi connectivity index (χ1) is 7.19. The van der Waals surface area contributed by atoms with Crippen LogP contribution < -0.4 is 0 Å². The van der Waals surface area contributed by atoms with E-state index in [1.165, 1.54) is 27.1 Å². The van der Waals surface area contributed by atoms with Gasteiger partial charge in [0.2, 0.25) is 0 Å². The molecule has 0 bridgehead atoms. The molecule has 0 aromatic rings. The van der Waals surface area contributed by atoms with Crippen molar-refractivity contribution in [2.45, 2.75) is 12.8 Å². The van der Waals surface area contributed by atoms with Gasteiger partial charge in [-0.05, 0) is 18.8 Å². The van der Waals surface area contributed by atoms with Gasteiger partial charge in [0.1, 0.15) is 0 Å². The average molecular weight is 216 g/mol. The minimum Gasteiger partial charge on any atom is -0.468 e. The molecular weight excluding hydrogens is 200 g/mol. The highest BCUT2D eigenvalue weighted by Gasteiger charge is 2.30. The topological polar surface area (TPSA) is 61.8 Å². The van der Waals surface area contributed by atoms with E-state index in [1.54, 1.807) is 0 Å². The second kappa shape index (κ2) is 5.70. The molecule has 0 unspecified atom stereocenters. The summed E-state index contributed by atoms with van der Waals surface area (Å²) in [6.45, 7) is 0.639. The molecule has 0 amide bonds. The minimum absolute atomic E-state index is 0.0375. The predicted molar refractivity (Wildman–Crippen MR) is 51.1 cm³/mol. The zero-order chi connectivity index (χ0) is 11.3. The van der Waals surface area contributed by atoms with Gasteiger partial charge >= 0.3 is 11.9 Å². The van der Waals surface area contributed by atoms with Crippen LogP contribution in [0, 0.1) is 11.8 Å². The van der Waals surface area contributed by atoms with Crippen LogP contribution in [0.15, 0.2) is 0 Å². The standard InChI is InChI=1S/C10H16O5/c1-13-9(11)8(10(12)14-2)6-15-5-7-3-4-7/h7-8H,3-6H2,1-2H3. The van der Waals surface area contributed by atoms with E-state index < -0.39 is 17.9 Å². The zero-order valence-electron chi connectivity index (χ0n) is 9.02. The van der Waals surface area contributed by atoms with Gasteiger partial charge in [-0.3, -0.25) is 9.59 Å². The normalized spacial score (nSPS) is 15.1. The maximum absolute atomic E-state index is 11.2. The molecule has 1 aliphatic carbocycles. The van der Waals surface area contributed by atoms with E-state index in [0.717, 1.165) is 0 Å². The molecule has 0 radical (unpaired) electrons. The second-order valence-corrected chi connectivity index (χ2v) is 3.58. The summed E-state index contributed by atoms with van der Waals surface area (Å²) in [5.41, 5.74) is 0. The molecule has 15 heavy (non-hydrogen) atoms. The highest BCUT2D eigenvalue weighted by atomic mass is 16.5. The fraction of sp³-hybridized carbons (Fsp3) is 0.800. The molecule has 0 N–H and O–H groups in total. The smallest absolute Gasteiger partial charge is 0.322 e. The molecule has 1 fully saturated rings. The van der Waals surface area contributed by atoms with Crippen LogP contribution in [0.4, 0.5) is 0 Å². The summed E-state index contributed by atoms with van der Waals surface area (Å²) in [7, 11) is 2.47. The van der Waals surface area contributed by atoms with E-state index in [2.05, 4.69) is 9.47 Å². The van der Waals surface area contributed by atoms with Crippen LogP contribution in [0.1, 0.15) is 12.8 Å². The molecule has 1 aliphatic rings. The lowest BCUT2D eigenvalue weighted by atomic mass is 10.1. The molecule has 86 valence electrons. The number of hydrogen-bond acceptors (Lipinski definition) is 5. The lowest BCUT2D eigenvalue weighted by Gasteiger charge is -2.12. The fourth-order valence-corrected chi connectivity index (χ4v) is 1.15. The second-order valence-electron chi connectivity index (χ2n) is 3.58. The lowest BCUT2D eigenvalue weighted by molar-refractivity contribution is -0.161. The van der Waals surface area contributed by atoms with Gasteiger partial charge < -0.3 is 14.2 Å².